The lowest BCUT2D eigenvalue weighted by molar-refractivity contribution is 0.624. The molecule has 0 fully saturated rings. The zero-order valence-electron chi connectivity index (χ0n) is 9.66. The summed E-state index contributed by atoms with van der Waals surface area (Å²) in [5, 5.41) is 0. The number of hydrogen-bond acceptors (Lipinski definition) is 2. The lowest BCUT2D eigenvalue weighted by atomic mass is 10.1. The van der Waals surface area contributed by atoms with Gasteiger partial charge in [-0.3, -0.25) is 0 Å². The number of nitrogens with zero attached hydrogens (tertiary/aromatic N) is 1. The van der Waals surface area contributed by atoms with E-state index in [4.69, 9.17) is 18.0 Å². The van der Waals surface area contributed by atoms with Crippen LogP contribution in [0.25, 0.3) is 0 Å². The van der Waals surface area contributed by atoms with Crippen LogP contribution >= 0.6 is 12.2 Å². The molecule has 1 aromatic rings. The minimum Gasteiger partial charge on any atom is -0.389 e. The van der Waals surface area contributed by atoms with E-state index in [1.807, 2.05) is 6.07 Å². The molecule has 0 unspecified atom stereocenters. The fourth-order valence-electron chi connectivity index (χ4n) is 1.64. The second-order valence-electron chi connectivity index (χ2n) is 3.61. The smallest absolute Gasteiger partial charge is 0.135 e. The second kappa shape index (κ2) is 5.80. The molecule has 0 heterocycles. The van der Waals surface area contributed by atoms with Gasteiger partial charge in [0.25, 0.3) is 0 Å². The van der Waals surface area contributed by atoms with Crippen molar-refractivity contribution in [2.45, 2.75) is 20.3 Å². The summed E-state index contributed by atoms with van der Waals surface area (Å²) < 4.78 is 13.6. The van der Waals surface area contributed by atoms with E-state index in [2.05, 4.69) is 18.7 Å². The molecule has 0 aliphatic rings. The number of benzene rings is 1. The van der Waals surface area contributed by atoms with Crippen LogP contribution in [0.1, 0.15) is 25.8 Å². The Balaban J connectivity index is 2.99. The van der Waals surface area contributed by atoms with E-state index >= 15 is 0 Å². The quantitative estimate of drug-likeness (QED) is 0.802. The van der Waals surface area contributed by atoms with E-state index in [1.54, 1.807) is 6.07 Å². The summed E-state index contributed by atoms with van der Waals surface area (Å²) >= 11 is 4.76. The SMILES string of the molecule is CCCN(CC)c1ccc(C(N)=S)c(F)c1. The van der Waals surface area contributed by atoms with Gasteiger partial charge in [0.15, 0.2) is 0 Å². The van der Waals surface area contributed by atoms with Gasteiger partial charge in [-0.05, 0) is 31.5 Å². The van der Waals surface area contributed by atoms with Gasteiger partial charge in [0.2, 0.25) is 0 Å². The zero-order chi connectivity index (χ0) is 12.1. The number of anilines is 1. The van der Waals surface area contributed by atoms with Crippen molar-refractivity contribution in [3.8, 4) is 0 Å². The fraction of sp³-hybridized carbons (Fsp3) is 0.417. The Hall–Kier alpha value is -1.16. The lowest BCUT2D eigenvalue weighted by Gasteiger charge is -2.22. The molecule has 0 saturated heterocycles. The molecule has 0 bridgehead atoms. The van der Waals surface area contributed by atoms with Gasteiger partial charge in [0, 0.05) is 24.3 Å². The highest BCUT2D eigenvalue weighted by atomic mass is 32.1. The summed E-state index contributed by atoms with van der Waals surface area (Å²) in [6.45, 7) is 5.93. The first-order valence-electron chi connectivity index (χ1n) is 5.44. The van der Waals surface area contributed by atoms with Crippen LogP contribution in [0.4, 0.5) is 10.1 Å². The molecule has 4 heteroatoms. The highest BCUT2D eigenvalue weighted by molar-refractivity contribution is 7.80. The van der Waals surface area contributed by atoms with Gasteiger partial charge in [-0.15, -0.1) is 0 Å². The average Bonchev–Trinajstić information content (AvgIpc) is 2.25. The fourth-order valence-corrected chi connectivity index (χ4v) is 1.81. The summed E-state index contributed by atoms with van der Waals surface area (Å²) in [5.74, 6) is -0.348. The Bertz CT molecular complexity index is 379. The minimum absolute atomic E-state index is 0.0996. The van der Waals surface area contributed by atoms with Crippen LogP contribution in [0.15, 0.2) is 18.2 Å². The molecule has 0 aliphatic heterocycles. The van der Waals surface area contributed by atoms with Gasteiger partial charge in [0.05, 0.1) is 0 Å². The first-order chi connectivity index (χ1) is 7.60. The van der Waals surface area contributed by atoms with Gasteiger partial charge < -0.3 is 10.6 Å². The summed E-state index contributed by atoms with van der Waals surface area (Å²) in [4.78, 5) is 2.22. The van der Waals surface area contributed by atoms with E-state index in [0.29, 0.717) is 5.56 Å². The third kappa shape index (κ3) is 2.92. The summed E-state index contributed by atoms with van der Waals surface area (Å²) in [5.41, 5.74) is 6.60. The molecule has 1 aromatic carbocycles. The third-order valence-corrected chi connectivity index (χ3v) is 2.68. The largest absolute Gasteiger partial charge is 0.389 e. The average molecular weight is 240 g/mol. The molecule has 0 saturated carbocycles. The zero-order valence-corrected chi connectivity index (χ0v) is 10.5. The normalized spacial score (nSPS) is 10.2. The van der Waals surface area contributed by atoms with Crippen molar-refractivity contribution in [1.29, 1.82) is 0 Å². The van der Waals surface area contributed by atoms with Gasteiger partial charge >= 0.3 is 0 Å². The second-order valence-corrected chi connectivity index (χ2v) is 4.05. The van der Waals surface area contributed by atoms with E-state index in [9.17, 15) is 4.39 Å². The Kier molecular flexibility index (Phi) is 4.68. The highest BCUT2D eigenvalue weighted by Gasteiger charge is 2.09. The van der Waals surface area contributed by atoms with Crippen molar-refractivity contribution in [3.05, 3.63) is 29.6 Å². The minimum atomic E-state index is -0.348. The van der Waals surface area contributed by atoms with Gasteiger partial charge in [-0.2, -0.15) is 0 Å². The third-order valence-electron chi connectivity index (χ3n) is 2.46. The molecule has 2 N–H and O–H groups in total. The summed E-state index contributed by atoms with van der Waals surface area (Å²) in [6.07, 6.45) is 1.03. The van der Waals surface area contributed by atoms with E-state index < -0.39 is 0 Å². The van der Waals surface area contributed by atoms with E-state index in [-0.39, 0.29) is 10.8 Å². The van der Waals surface area contributed by atoms with Gasteiger partial charge in [-0.25, -0.2) is 4.39 Å². The number of thiocarbonyl (C=S) groups is 1. The van der Waals surface area contributed by atoms with Crippen LogP contribution in [0, 0.1) is 5.82 Å². The number of halogens is 1. The van der Waals surface area contributed by atoms with Crippen LogP contribution in [0.2, 0.25) is 0 Å². The molecule has 0 amide bonds. The Morgan fingerprint density at radius 3 is 2.56 bits per heavy atom. The van der Waals surface area contributed by atoms with Crippen molar-refractivity contribution < 1.29 is 4.39 Å². The van der Waals surface area contributed by atoms with Crippen LogP contribution in [-0.2, 0) is 0 Å². The Morgan fingerprint density at radius 2 is 2.12 bits per heavy atom. The van der Waals surface area contributed by atoms with Crippen molar-refractivity contribution in [2.75, 3.05) is 18.0 Å². The highest BCUT2D eigenvalue weighted by Crippen LogP contribution is 2.18. The Morgan fingerprint density at radius 1 is 1.44 bits per heavy atom. The van der Waals surface area contributed by atoms with Crippen molar-refractivity contribution in [3.63, 3.8) is 0 Å². The first-order valence-corrected chi connectivity index (χ1v) is 5.85. The van der Waals surface area contributed by atoms with Crippen LogP contribution < -0.4 is 10.6 Å². The topological polar surface area (TPSA) is 29.3 Å². The molecular weight excluding hydrogens is 223 g/mol. The Labute approximate surface area is 101 Å². The maximum atomic E-state index is 13.6. The molecule has 16 heavy (non-hydrogen) atoms. The number of hydrogen-bond donors (Lipinski definition) is 1. The molecule has 0 radical (unpaired) electrons. The maximum absolute atomic E-state index is 13.6. The summed E-state index contributed by atoms with van der Waals surface area (Å²) in [7, 11) is 0. The van der Waals surface area contributed by atoms with E-state index in [1.165, 1.54) is 6.07 Å². The molecule has 0 aliphatic carbocycles. The van der Waals surface area contributed by atoms with Crippen molar-refractivity contribution in [1.82, 2.24) is 0 Å². The molecular formula is C12H17FN2S. The monoisotopic (exact) mass is 240 g/mol. The molecule has 0 aromatic heterocycles. The van der Waals surface area contributed by atoms with Gasteiger partial charge in [0.1, 0.15) is 10.8 Å². The van der Waals surface area contributed by atoms with Crippen LogP contribution in [0.3, 0.4) is 0 Å². The summed E-state index contributed by atoms with van der Waals surface area (Å²) in [6, 6.07) is 5.00. The van der Waals surface area contributed by atoms with Crippen LogP contribution in [-0.4, -0.2) is 18.1 Å². The van der Waals surface area contributed by atoms with E-state index in [0.717, 1.165) is 25.2 Å². The maximum Gasteiger partial charge on any atom is 0.135 e. The van der Waals surface area contributed by atoms with Gasteiger partial charge in [-0.1, -0.05) is 19.1 Å². The van der Waals surface area contributed by atoms with Crippen LogP contribution in [0.5, 0.6) is 0 Å². The predicted octanol–water partition coefficient (Wildman–Crippen LogP) is 2.70. The van der Waals surface area contributed by atoms with Crippen molar-refractivity contribution >= 4 is 22.9 Å². The number of rotatable bonds is 5. The molecule has 1 rings (SSSR count). The van der Waals surface area contributed by atoms with Crippen molar-refractivity contribution in [2.24, 2.45) is 5.73 Å². The number of nitrogens with two attached hydrogens (primary N) is 1. The lowest BCUT2D eigenvalue weighted by Crippen LogP contribution is -2.23. The molecule has 0 spiro atoms. The molecule has 2 nitrogen and oxygen atoms in total. The standard InChI is InChI=1S/C12H17FN2S/c1-3-7-15(4-2)9-5-6-10(12(14)16)11(13)8-9/h5-6,8H,3-4,7H2,1-2H3,(H2,14,16). The first kappa shape index (κ1) is 12.9. The molecule has 88 valence electrons. The molecule has 0 atom stereocenters. The predicted molar refractivity (Wildman–Crippen MR) is 70.5 cm³/mol.